The van der Waals surface area contributed by atoms with Gasteiger partial charge in [-0.3, -0.25) is 9.59 Å². The molecule has 2 rings (SSSR count). The smallest absolute Gasteiger partial charge is 0.310 e. The van der Waals surface area contributed by atoms with Crippen molar-refractivity contribution in [2.75, 3.05) is 40.3 Å². The molecule has 0 bridgehead atoms. The van der Waals surface area contributed by atoms with E-state index in [1.807, 2.05) is 38.1 Å². The molecule has 1 N–H and O–H groups in total. The highest BCUT2D eigenvalue weighted by molar-refractivity contribution is 5.93. The van der Waals surface area contributed by atoms with Gasteiger partial charge >= 0.3 is 5.97 Å². The van der Waals surface area contributed by atoms with Crippen LogP contribution in [0, 0.1) is 5.92 Å². The summed E-state index contributed by atoms with van der Waals surface area (Å²) in [6.45, 7) is 7.05. The molecule has 1 amide bonds. The number of amides is 1. The van der Waals surface area contributed by atoms with E-state index in [9.17, 15) is 9.59 Å². The Morgan fingerprint density at radius 1 is 1.25 bits per heavy atom. The van der Waals surface area contributed by atoms with Crippen molar-refractivity contribution in [1.82, 2.24) is 15.1 Å². The number of aliphatic imine (C=N–C) groups is 1. The standard InChI is InChI=1S/C21H32N4O3/c1-5-22-21(25-13-7-8-18(15-25)20(27)28-6-2)23-14-16-9-11-17(12-10-16)19(26)24(3)4/h9-12,18H,5-8,13-15H2,1-4H3,(H,22,23). The molecule has 1 saturated heterocycles. The Labute approximate surface area is 167 Å². The van der Waals surface area contributed by atoms with E-state index < -0.39 is 0 Å². The van der Waals surface area contributed by atoms with E-state index in [1.165, 1.54) is 0 Å². The molecule has 0 aromatic heterocycles. The number of nitrogens with zero attached hydrogens (tertiary/aromatic N) is 3. The van der Waals surface area contributed by atoms with Gasteiger partial charge in [-0.25, -0.2) is 4.99 Å². The van der Waals surface area contributed by atoms with E-state index >= 15 is 0 Å². The predicted molar refractivity (Wildman–Crippen MR) is 110 cm³/mol. The van der Waals surface area contributed by atoms with E-state index in [0.29, 0.717) is 25.3 Å². The summed E-state index contributed by atoms with van der Waals surface area (Å²) in [4.78, 5) is 32.5. The largest absolute Gasteiger partial charge is 0.466 e. The minimum atomic E-state index is -0.121. The van der Waals surface area contributed by atoms with Crippen LogP contribution in [-0.2, 0) is 16.1 Å². The number of likely N-dealkylation sites (tertiary alicyclic amines) is 1. The molecule has 1 aromatic rings. The number of ether oxygens (including phenoxy) is 1. The number of rotatable bonds is 6. The SMILES string of the molecule is CCNC(=NCc1ccc(C(=O)N(C)C)cc1)N1CCCC(C(=O)OCC)C1. The first kappa shape index (κ1) is 21.7. The summed E-state index contributed by atoms with van der Waals surface area (Å²) in [7, 11) is 3.48. The molecule has 0 radical (unpaired) electrons. The van der Waals surface area contributed by atoms with Crippen molar-refractivity contribution in [2.45, 2.75) is 33.2 Å². The minimum absolute atomic E-state index is 0.0123. The molecule has 0 saturated carbocycles. The molecule has 7 heteroatoms. The zero-order chi connectivity index (χ0) is 20.5. The first-order valence-electron chi connectivity index (χ1n) is 9.96. The number of benzene rings is 1. The zero-order valence-electron chi connectivity index (χ0n) is 17.4. The summed E-state index contributed by atoms with van der Waals surface area (Å²) < 4.78 is 5.19. The lowest BCUT2D eigenvalue weighted by molar-refractivity contribution is -0.149. The van der Waals surface area contributed by atoms with Gasteiger partial charge < -0.3 is 19.9 Å². The van der Waals surface area contributed by atoms with Crippen LogP contribution in [0.4, 0.5) is 0 Å². The maximum Gasteiger partial charge on any atom is 0.310 e. The Morgan fingerprint density at radius 2 is 1.96 bits per heavy atom. The average Bonchev–Trinajstić information content (AvgIpc) is 2.71. The Hall–Kier alpha value is -2.57. The molecular weight excluding hydrogens is 356 g/mol. The van der Waals surface area contributed by atoms with E-state index in [1.54, 1.807) is 19.0 Å². The third kappa shape index (κ3) is 5.97. The number of hydrogen-bond acceptors (Lipinski definition) is 4. The van der Waals surface area contributed by atoms with Gasteiger partial charge in [-0.15, -0.1) is 0 Å². The summed E-state index contributed by atoms with van der Waals surface area (Å²) in [5.74, 6) is 0.574. The van der Waals surface area contributed by atoms with Gasteiger partial charge in [0.15, 0.2) is 5.96 Å². The molecule has 0 spiro atoms. The zero-order valence-corrected chi connectivity index (χ0v) is 17.4. The second-order valence-electron chi connectivity index (χ2n) is 7.10. The number of nitrogens with one attached hydrogen (secondary N) is 1. The van der Waals surface area contributed by atoms with Crippen LogP contribution in [0.25, 0.3) is 0 Å². The van der Waals surface area contributed by atoms with Crippen molar-refractivity contribution in [1.29, 1.82) is 0 Å². The highest BCUT2D eigenvalue weighted by Gasteiger charge is 2.28. The molecule has 154 valence electrons. The Kier molecular flexibility index (Phi) is 8.29. The van der Waals surface area contributed by atoms with Crippen LogP contribution in [0.15, 0.2) is 29.3 Å². The average molecular weight is 389 g/mol. The lowest BCUT2D eigenvalue weighted by Crippen LogP contribution is -2.48. The Bertz CT molecular complexity index is 685. The fraction of sp³-hybridized carbons (Fsp3) is 0.571. The van der Waals surface area contributed by atoms with Crippen LogP contribution in [0.2, 0.25) is 0 Å². The van der Waals surface area contributed by atoms with Crippen LogP contribution < -0.4 is 5.32 Å². The van der Waals surface area contributed by atoms with E-state index in [2.05, 4.69) is 10.2 Å². The molecule has 1 aromatic carbocycles. The lowest BCUT2D eigenvalue weighted by Gasteiger charge is -2.34. The van der Waals surface area contributed by atoms with Crippen molar-refractivity contribution in [3.8, 4) is 0 Å². The molecule has 28 heavy (non-hydrogen) atoms. The van der Waals surface area contributed by atoms with Gasteiger partial charge in [0, 0.05) is 39.3 Å². The van der Waals surface area contributed by atoms with E-state index in [0.717, 1.165) is 37.5 Å². The second-order valence-corrected chi connectivity index (χ2v) is 7.10. The van der Waals surface area contributed by atoms with Gasteiger partial charge in [-0.2, -0.15) is 0 Å². The quantitative estimate of drug-likeness (QED) is 0.459. The van der Waals surface area contributed by atoms with Gasteiger partial charge in [-0.05, 0) is 44.4 Å². The van der Waals surface area contributed by atoms with E-state index in [-0.39, 0.29) is 17.8 Å². The topological polar surface area (TPSA) is 74.2 Å². The number of carbonyl (C=O) groups is 2. The van der Waals surface area contributed by atoms with E-state index in [4.69, 9.17) is 9.73 Å². The van der Waals surface area contributed by atoms with Crippen LogP contribution in [-0.4, -0.2) is 68.0 Å². The summed E-state index contributed by atoms with van der Waals surface area (Å²) in [6, 6.07) is 7.53. The van der Waals surface area contributed by atoms with Gasteiger partial charge in [0.1, 0.15) is 0 Å². The van der Waals surface area contributed by atoms with Crippen molar-refractivity contribution in [2.24, 2.45) is 10.9 Å². The summed E-state index contributed by atoms with van der Waals surface area (Å²) >= 11 is 0. The molecule has 1 heterocycles. The molecular formula is C21H32N4O3. The fourth-order valence-corrected chi connectivity index (χ4v) is 3.22. The molecule has 1 unspecified atom stereocenters. The number of carbonyl (C=O) groups excluding carboxylic acids is 2. The molecule has 1 aliphatic heterocycles. The predicted octanol–water partition coefficient (Wildman–Crippen LogP) is 2.13. The van der Waals surface area contributed by atoms with Crippen LogP contribution in [0.5, 0.6) is 0 Å². The Morgan fingerprint density at radius 3 is 2.57 bits per heavy atom. The first-order valence-corrected chi connectivity index (χ1v) is 9.96. The molecule has 0 aliphatic carbocycles. The van der Waals surface area contributed by atoms with Gasteiger partial charge in [0.2, 0.25) is 0 Å². The maximum atomic E-state index is 12.1. The van der Waals surface area contributed by atoms with Crippen molar-refractivity contribution in [3.05, 3.63) is 35.4 Å². The normalized spacial score (nSPS) is 17.2. The lowest BCUT2D eigenvalue weighted by atomic mass is 9.98. The number of guanidine groups is 1. The van der Waals surface area contributed by atoms with Gasteiger partial charge in [0.25, 0.3) is 5.91 Å². The van der Waals surface area contributed by atoms with Crippen molar-refractivity contribution in [3.63, 3.8) is 0 Å². The number of piperidine rings is 1. The van der Waals surface area contributed by atoms with Crippen LogP contribution in [0.3, 0.4) is 0 Å². The van der Waals surface area contributed by atoms with Gasteiger partial charge in [0.05, 0.1) is 19.1 Å². The highest BCUT2D eigenvalue weighted by atomic mass is 16.5. The highest BCUT2D eigenvalue weighted by Crippen LogP contribution is 2.18. The summed E-state index contributed by atoms with van der Waals surface area (Å²) in [6.07, 6.45) is 1.80. The van der Waals surface area contributed by atoms with Gasteiger partial charge in [-0.1, -0.05) is 12.1 Å². The Balaban J connectivity index is 2.05. The first-order chi connectivity index (χ1) is 13.5. The second kappa shape index (κ2) is 10.7. The molecule has 7 nitrogen and oxygen atoms in total. The fourth-order valence-electron chi connectivity index (χ4n) is 3.22. The van der Waals surface area contributed by atoms with Crippen LogP contribution in [0.1, 0.15) is 42.6 Å². The monoisotopic (exact) mass is 388 g/mol. The van der Waals surface area contributed by atoms with Crippen LogP contribution >= 0.6 is 0 Å². The summed E-state index contributed by atoms with van der Waals surface area (Å²) in [5.41, 5.74) is 1.70. The minimum Gasteiger partial charge on any atom is -0.466 e. The van der Waals surface area contributed by atoms with Crippen molar-refractivity contribution >= 4 is 17.8 Å². The maximum absolute atomic E-state index is 12.1. The molecule has 1 fully saturated rings. The van der Waals surface area contributed by atoms with Crippen molar-refractivity contribution < 1.29 is 14.3 Å². The third-order valence-corrected chi connectivity index (χ3v) is 4.69. The third-order valence-electron chi connectivity index (χ3n) is 4.69. The number of esters is 1. The molecule has 1 atom stereocenters. The number of hydrogen-bond donors (Lipinski definition) is 1. The molecule has 1 aliphatic rings. The summed E-state index contributed by atoms with van der Waals surface area (Å²) in [5, 5.41) is 3.32.